The van der Waals surface area contributed by atoms with E-state index >= 15 is 0 Å². The summed E-state index contributed by atoms with van der Waals surface area (Å²) in [6.07, 6.45) is 0. The number of halogens is 3. The molecule has 0 aromatic heterocycles. The van der Waals surface area contributed by atoms with Crippen LogP contribution in [0.1, 0.15) is 5.56 Å². The molecule has 0 spiro atoms. The third-order valence-electron chi connectivity index (χ3n) is 1.93. The number of hydrogen-bond acceptors (Lipinski definition) is 5. The SMILES string of the molecule is COc1cccc(CO)c1OS(=O)(=O)C(F)(F)F. The average molecular weight is 286 g/mol. The number of para-hydroxylation sites is 1. The highest BCUT2D eigenvalue weighted by atomic mass is 32.2. The van der Waals surface area contributed by atoms with Gasteiger partial charge in [0.1, 0.15) is 0 Å². The molecule has 1 N–H and O–H groups in total. The minimum atomic E-state index is -5.81. The van der Waals surface area contributed by atoms with Crippen LogP contribution in [-0.4, -0.2) is 26.1 Å². The number of alkyl halides is 3. The van der Waals surface area contributed by atoms with E-state index in [0.29, 0.717) is 0 Å². The predicted octanol–water partition coefficient (Wildman–Crippen LogP) is 1.42. The largest absolute Gasteiger partial charge is 0.534 e. The molecular weight excluding hydrogens is 277 g/mol. The second-order valence-electron chi connectivity index (χ2n) is 3.09. The third-order valence-corrected chi connectivity index (χ3v) is 2.88. The minimum absolute atomic E-state index is 0.137. The van der Waals surface area contributed by atoms with Gasteiger partial charge in [0, 0.05) is 5.56 Å². The fourth-order valence-corrected chi connectivity index (χ4v) is 1.60. The zero-order valence-electron chi connectivity index (χ0n) is 9.06. The lowest BCUT2D eigenvalue weighted by Crippen LogP contribution is -2.28. The lowest BCUT2D eigenvalue weighted by Gasteiger charge is -2.14. The molecule has 102 valence electrons. The predicted molar refractivity (Wildman–Crippen MR) is 54.5 cm³/mol. The van der Waals surface area contributed by atoms with Gasteiger partial charge in [0.05, 0.1) is 13.7 Å². The van der Waals surface area contributed by atoms with Crippen molar-refractivity contribution in [1.29, 1.82) is 0 Å². The van der Waals surface area contributed by atoms with Gasteiger partial charge in [-0.15, -0.1) is 0 Å². The molecule has 0 saturated carbocycles. The molecule has 1 aromatic carbocycles. The maximum atomic E-state index is 12.2. The normalized spacial score (nSPS) is 12.3. The Morgan fingerprint density at radius 1 is 1.33 bits per heavy atom. The second kappa shape index (κ2) is 5.02. The number of ether oxygens (including phenoxy) is 1. The van der Waals surface area contributed by atoms with Gasteiger partial charge in [0.2, 0.25) is 0 Å². The lowest BCUT2D eigenvalue weighted by atomic mass is 10.2. The molecule has 0 amide bonds. The van der Waals surface area contributed by atoms with Gasteiger partial charge < -0.3 is 14.0 Å². The molecule has 0 atom stereocenters. The van der Waals surface area contributed by atoms with Crippen LogP contribution in [0.3, 0.4) is 0 Å². The summed E-state index contributed by atoms with van der Waals surface area (Å²) < 4.78 is 66.9. The maximum absolute atomic E-state index is 12.2. The summed E-state index contributed by atoms with van der Waals surface area (Å²) in [5.41, 5.74) is -5.69. The van der Waals surface area contributed by atoms with Gasteiger partial charge in [0.15, 0.2) is 11.5 Å². The molecule has 0 radical (unpaired) electrons. The number of aliphatic hydroxyl groups excluding tert-OH is 1. The quantitative estimate of drug-likeness (QED) is 0.669. The molecule has 0 unspecified atom stereocenters. The van der Waals surface area contributed by atoms with Gasteiger partial charge in [-0.05, 0) is 6.07 Å². The number of aliphatic hydroxyl groups is 1. The van der Waals surface area contributed by atoms with Gasteiger partial charge in [-0.3, -0.25) is 0 Å². The lowest BCUT2D eigenvalue weighted by molar-refractivity contribution is -0.0501. The first-order chi connectivity index (χ1) is 8.23. The highest BCUT2D eigenvalue weighted by molar-refractivity contribution is 7.88. The van der Waals surface area contributed by atoms with E-state index in [2.05, 4.69) is 8.92 Å². The van der Waals surface area contributed by atoms with Crippen molar-refractivity contribution in [1.82, 2.24) is 0 Å². The van der Waals surface area contributed by atoms with Gasteiger partial charge in [0.25, 0.3) is 0 Å². The Morgan fingerprint density at radius 3 is 2.39 bits per heavy atom. The first-order valence-electron chi connectivity index (χ1n) is 4.50. The van der Waals surface area contributed by atoms with Crippen LogP contribution < -0.4 is 8.92 Å². The molecule has 0 fully saturated rings. The number of methoxy groups -OCH3 is 1. The zero-order chi connectivity index (χ0) is 14.0. The van der Waals surface area contributed by atoms with E-state index in [4.69, 9.17) is 5.11 Å². The monoisotopic (exact) mass is 286 g/mol. The Morgan fingerprint density at radius 2 is 1.94 bits per heavy atom. The molecule has 1 rings (SSSR count). The number of rotatable bonds is 4. The van der Waals surface area contributed by atoms with Crippen LogP contribution in [0.4, 0.5) is 13.2 Å². The van der Waals surface area contributed by atoms with E-state index in [1.54, 1.807) is 0 Å². The summed E-state index contributed by atoms with van der Waals surface area (Å²) in [4.78, 5) is 0. The van der Waals surface area contributed by atoms with Crippen LogP contribution in [-0.2, 0) is 16.7 Å². The Labute approximate surface area is 101 Å². The topological polar surface area (TPSA) is 72.8 Å². The molecule has 1 aromatic rings. The Bertz CT molecular complexity index is 501. The number of benzene rings is 1. The summed E-state index contributed by atoms with van der Waals surface area (Å²) in [5.74, 6) is -0.908. The van der Waals surface area contributed by atoms with Crippen LogP contribution in [0.15, 0.2) is 18.2 Å². The van der Waals surface area contributed by atoms with E-state index in [0.717, 1.165) is 7.11 Å². The van der Waals surface area contributed by atoms with E-state index in [1.807, 2.05) is 0 Å². The van der Waals surface area contributed by atoms with Crippen molar-refractivity contribution in [3.63, 3.8) is 0 Å². The summed E-state index contributed by atoms with van der Waals surface area (Å²) in [6.45, 7) is -0.695. The van der Waals surface area contributed by atoms with Crippen LogP contribution >= 0.6 is 0 Å². The van der Waals surface area contributed by atoms with E-state index in [1.165, 1.54) is 18.2 Å². The standard InChI is InChI=1S/C9H9F3O5S/c1-16-7-4-2-3-6(5-13)8(7)17-18(14,15)9(10,11)12/h2-4,13H,5H2,1H3. The summed E-state index contributed by atoms with van der Waals surface area (Å²) >= 11 is 0. The highest BCUT2D eigenvalue weighted by Crippen LogP contribution is 2.35. The van der Waals surface area contributed by atoms with E-state index < -0.39 is 28.0 Å². The third kappa shape index (κ3) is 2.85. The summed E-state index contributed by atoms with van der Waals surface area (Å²) in [5, 5.41) is 8.93. The van der Waals surface area contributed by atoms with Crippen LogP contribution in [0.2, 0.25) is 0 Å². The first-order valence-corrected chi connectivity index (χ1v) is 5.91. The molecule has 18 heavy (non-hydrogen) atoms. The summed E-state index contributed by atoms with van der Waals surface area (Å²) in [7, 11) is -4.68. The fourth-order valence-electron chi connectivity index (χ4n) is 1.10. The van der Waals surface area contributed by atoms with Crippen molar-refractivity contribution in [2.45, 2.75) is 12.1 Å². The van der Waals surface area contributed by atoms with Gasteiger partial charge >= 0.3 is 15.6 Å². The molecule has 5 nitrogen and oxygen atoms in total. The molecule has 0 aliphatic heterocycles. The van der Waals surface area contributed by atoms with Crippen molar-refractivity contribution in [3.8, 4) is 11.5 Å². The van der Waals surface area contributed by atoms with Crippen molar-refractivity contribution < 1.29 is 35.6 Å². The van der Waals surface area contributed by atoms with Gasteiger partial charge in [-0.2, -0.15) is 21.6 Å². The molecular formula is C9H9F3O5S. The Balaban J connectivity index is 3.27. The Hall–Kier alpha value is -1.48. The average Bonchev–Trinajstić information content (AvgIpc) is 2.27. The maximum Gasteiger partial charge on any atom is 0.534 e. The Kier molecular flexibility index (Phi) is 4.07. The van der Waals surface area contributed by atoms with Gasteiger partial charge in [-0.1, -0.05) is 12.1 Å². The van der Waals surface area contributed by atoms with Crippen molar-refractivity contribution in [3.05, 3.63) is 23.8 Å². The first kappa shape index (κ1) is 14.6. The second-order valence-corrected chi connectivity index (χ2v) is 4.63. The van der Waals surface area contributed by atoms with Crippen molar-refractivity contribution in [2.24, 2.45) is 0 Å². The number of hydrogen-bond donors (Lipinski definition) is 1. The molecule has 0 aliphatic carbocycles. The van der Waals surface area contributed by atoms with Crippen LogP contribution in [0.25, 0.3) is 0 Å². The molecule has 9 heteroatoms. The fraction of sp³-hybridized carbons (Fsp3) is 0.333. The van der Waals surface area contributed by atoms with E-state index in [9.17, 15) is 21.6 Å². The zero-order valence-corrected chi connectivity index (χ0v) is 9.88. The van der Waals surface area contributed by atoms with Gasteiger partial charge in [-0.25, -0.2) is 0 Å². The minimum Gasteiger partial charge on any atom is -0.493 e. The smallest absolute Gasteiger partial charge is 0.493 e. The highest BCUT2D eigenvalue weighted by Gasteiger charge is 2.49. The van der Waals surface area contributed by atoms with Crippen molar-refractivity contribution in [2.75, 3.05) is 7.11 Å². The van der Waals surface area contributed by atoms with Crippen LogP contribution in [0, 0.1) is 0 Å². The van der Waals surface area contributed by atoms with Crippen LogP contribution in [0.5, 0.6) is 11.5 Å². The molecule has 0 bridgehead atoms. The van der Waals surface area contributed by atoms with Crippen molar-refractivity contribution >= 4 is 10.1 Å². The molecule has 0 heterocycles. The molecule has 0 saturated heterocycles. The summed E-state index contributed by atoms with van der Waals surface area (Å²) in [6, 6.07) is 3.79. The molecule has 0 aliphatic rings. The van der Waals surface area contributed by atoms with E-state index in [-0.39, 0.29) is 11.3 Å².